The van der Waals surface area contributed by atoms with Crippen molar-refractivity contribution in [2.24, 2.45) is 0 Å². The first-order chi connectivity index (χ1) is 13.7. The lowest BCUT2D eigenvalue weighted by atomic mass is 9.96. The topological polar surface area (TPSA) is 41.5 Å². The second kappa shape index (κ2) is 8.76. The number of aliphatic hydroxyl groups excluding tert-OH is 1. The second-order valence-electron chi connectivity index (χ2n) is 7.80. The molecule has 0 spiro atoms. The molecule has 4 rings (SSSR count). The summed E-state index contributed by atoms with van der Waals surface area (Å²) in [6.07, 6.45) is 3.60. The van der Waals surface area contributed by atoms with Crippen molar-refractivity contribution >= 4 is 10.8 Å². The van der Waals surface area contributed by atoms with Gasteiger partial charge in [-0.05, 0) is 66.1 Å². The summed E-state index contributed by atoms with van der Waals surface area (Å²) >= 11 is 0. The van der Waals surface area contributed by atoms with Crippen molar-refractivity contribution in [1.29, 1.82) is 0 Å². The molecule has 0 heterocycles. The second-order valence-corrected chi connectivity index (χ2v) is 7.80. The van der Waals surface area contributed by atoms with Crippen molar-refractivity contribution in [3.05, 3.63) is 77.9 Å². The zero-order chi connectivity index (χ0) is 19.3. The lowest BCUT2D eigenvalue weighted by Gasteiger charge is -2.21. The highest BCUT2D eigenvalue weighted by Gasteiger charge is 2.27. The first-order valence-electron chi connectivity index (χ1n) is 10.3. The van der Waals surface area contributed by atoms with E-state index in [0.29, 0.717) is 24.6 Å². The zero-order valence-electron chi connectivity index (χ0n) is 16.5. The van der Waals surface area contributed by atoms with E-state index in [9.17, 15) is 0 Å². The van der Waals surface area contributed by atoms with E-state index in [1.54, 1.807) is 0 Å². The van der Waals surface area contributed by atoms with Crippen molar-refractivity contribution in [3.8, 4) is 5.75 Å². The van der Waals surface area contributed by atoms with Gasteiger partial charge in [0.2, 0.25) is 0 Å². The predicted octanol–water partition coefficient (Wildman–Crippen LogP) is 5.20. The molecular formula is C25H29NO2. The van der Waals surface area contributed by atoms with Crippen LogP contribution in [0.5, 0.6) is 5.75 Å². The van der Waals surface area contributed by atoms with Crippen LogP contribution in [0, 0.1) is 0 Å². The third kappa shape index (κ3) is 4.21. The molecule has 3 aromatic rings. The van der Waals surface area contributed by atoms with Gasteiger partial charge >= 0.3 is 0 Å². The molecule has 3 atom stereocenters. The van der Waals surface area contributed by atoms with Gasteiger partial charge in [-0.1, -0.05) is 54.6 Å². The molecule has 0 radical (unpaired) electrons. The molecular weight excluding hydrogens is 346 g/mol. The van der Waals surface area contributed by atoms with E-state index in [-0.39, 0.29) is 6.61 Å². The standard InChI is InChI=1S/C25H29NO2/c1-18(24-8-4-6-20-5-2-3-7-25(20)24)26-22-12-9-21(17-22)19-10-13-23(14-11-19)28-16-15-27/h2-8,10-11,13-14,18,21-22,26-27H,9,12,15-17H2,1H3. The molecule has 0 amide bonds. The molecule has 1 aliphatic rings. The number of hydrogen-bond acceptors (Lipinski definition) is 3. The predicted molar refractivity (Wildman–Crippen MR) is 115 cm³/mol. The highest BCUT2D eigenvalue weighted by molar-refractivity contribution is 5.86. The molecule has 0 saturated heterocycles. The van der Waals surface area contributed by atoms with Crippen LogP contribution >= 0.6 is 0 Å². The van der Waals surface area contributed by atoms with Crippen LogP contribution in [0.4, 0.5) is 0 Å². The Morgan fingerprint density at radius 1 is 1.00 bits per heavy atom. The van der Waals surface area contributed by atoms with Crippen molar-refractivity contribution in [1.82, 2.24) is 5.32 Å². The SMILES string of the molecule is CC(NC1CCC(c2ccc(OCCO)cc2)C1)c1cccc2ccccc12. The average Bonchev–Trinajstić information content (AvgIpc) is 3.20. The molecule has 1 saturated carbocycles. The average molecular weight is 376 g/mol. The fourth-order valence-electron chi connectivity index (χ4n) is 4.51. The number of hydrogen-bond donors (Lipinski definition) is 2. The molecule has 28 heavy (non-hydrogen) atoms. The number of ether oxygens (including phenoxy) is 1. The van der Waals surface area contributed by atoms with Crippen LogP contribution in [-0.2, 0) is 0 Å². The maximum atomic E-state index is 8.86. The molecule has 3 heteroatoms. The molecule has 0 aromatic heterocycles. The van der Waals surface area contributed by atoms with Gasteiger partial charge in [0.05, 0.1) is 6.61 Å². The van der Waals surface area contributed by atoms with Crippen LogP contribution in [0.1, 0.15) is 49.3 Å². The van der Waals surface area contributed by atoms with E-state index in [2.05, 4.69) is 66.8 Å². The molecule has 1 fully saturated rings. The number of nitrogens with one attached hydrogen (secondary N) is 1. The van der Waals surface area contributed by atoms with Crippen molar-refractivity contribution in [3.63, 3.8) is 0 Å². The largest absolute Gasteiger partial charge is 0.491 e. The summed E-state index contributed by atoms with van der Waals surface area (Å²) in [5.74, 6) is 1.43. The molecule has 146 valence electrons. The van der Waals surface area contributed by atoms with Crippen LogP contribution < -0.4 is 10.1 Å². The normalized spacial score (nSPS) is 20.4. The van der Waals surface area contributed by atoms with Gasteiger partial charge in [-0.25, -0.2) is 0 Å². The molecule has 3 nitrogen and oxygen atoms in total. The number of benzene rings is 3. The van der Waals surface area contributed by atoms with Crippen LogP contribution in [0.15, 0.2) is 66.7 Å². The van der Waals surface area contributed by atoms with Crippen molar-refractivity contribution in [2.45, 2.75) is 44.2 Å². The molecule has 2 N–H and O–H groups in total. The maximum Gasteiger partial charge on any atom is 0.119 e. The summed E-state index contributed by atoms with van der Waals surface area (Å²) in [5, 5.41) is 15.4. The first-order valence-corrected chi connectivity index (χ1v) is 10.3. The van der Waals surface area contributed by atoms with Gasteiger partial charge in [0.25, 0.3) is 0 Å². The summed E-state index contributed by atoms with van der Waals surface area (Å²) in [5.41, 5.74) is 2.77. The Morgan fingerprint density at radius 2 is 1.79 bits per heavy atom. The van der Waals surface area contributed by atoms with Gasteiger partial charge in [-0.15, -0.1) is 0 Å². The Labute approximate surface area is 167 Å². The Kier molecular flexibility index (Phi) is 5.94. The number of fused-ring (bicyclic) bond motifs is 1. The Hall–Kier alpha value is -2.36. The Morgan fingerprint density at radius 3 is 2.61 bits per heavy atom. The summed E-state index contributed by atoms with van der Waals surface area (Å²) in [6, 6.07) is 24.5. The van der Waals surface area contributed by atoms with Gasteiger partial charge in [-0.2, -0.15) is 0 Å². The minimum absolute atomic E-state index is 0.0482. The van der Waals surface area contributed by atoms with E-state index < -0.39 is 0 Å². The van der Waals surface area contributed by atoms with Crippen molar-refractivity contribution < 1.29 is 9.84 Å². The van der Waals surface area contributed by atoms with E-state index in [1.165, 1.54) is 41.2 Å². The smallest absolute Gasteiger partial charge is 0.119 e. The monoisotopic (exact) mass is 375 g/mol. The molecule has 1 aliphatic carbocycles. The minimum atomic E-state index is 0.0482. The maximum absolute atomic E-state index is 8.86. The van der Waals surface area contributed by atoms with Gasteiger partial charge in [0, 0.05) is 12.1 Å². The molecule has 3 unspecified atom stereocenters. The fraction of sp³-hybridized carbons (Fsp3) is 0.360. The number of aliphatic hydroxyl groups is 1. The Balaban J connectivity index is 1.39. The van der Waals surface area contributed by atoms with E-state index in [0.717, 1.165) is 5.75 Å². The van der Waals surface area contributed by atoms with Gasteiger partial charge in [0.1, 0.15) is 12.4 Å². The van der Waals surface area contributed by atoms with E-state index in [4.69, 9.17) is 9.84 Å². The summed E-state index contributed by atoms with van der Waals surface area (Å²) in [6.45, 7) is 2.68. The van der Waals surface area contributed by atoms with Gasteiger partial charge < -0.3 is 15.2 Å². The highest BCUT2D eigenvalue weighted by atomic mass is 16.5. The highest BCUT2D eigenvalue weighted by Crippen LogP contribution is 2.36. The van der Waals surface area contributed by atoms with Crippen LogP contribution in [0.25, 0.3) is 10.8 Å². The van der Waals surface area contributed by atoms with E-state index in [1.807, 2.05) is 12.1 Å². The summed E-state index contributed by atoms with van der Waals surface area (Å²) in [4.78, 5) is 0. The van der Waals surface area contributed by atoms with Crippen LogP contribution in [0.3, 0.4) is 0 Å². The van der Waals surface area contributed by atoms with Gasteiger partial charge in [-0.3, -0.25) is 0 Å². The first kappa shape index (κ1) is 19.0. The lowest BCUT2D eigenvalue weighted by Crippen LogP contribution is -2.29. The van der Waals surface area contributed by atoms with Gasteiger partial charge in [0.15, 0.2) is 0 Å². The minimum Gasteiger partial charge on any atom is -0.491 e. The summed E-state index contributed by atoms with van der Waals surface area (Å²) < 4.78 is 5.47. The van der Waals surface area contributed by atoms with Crippen LogP contribution in [0.2, 0.25) is 0 Å². The number of rotatable bonds is 7. The lowest BCUT2D eigenvalue weighted by molar-refractivity contribution is 0.201. The Bertz CT molecular complexity index is 901. The molecule has 0 aliphatic heterocycles. The third-order valence-corrected chi connectivity index (χ3v) is 5.92. The van der Waals surface area contributed by atoms with Crippen LogP contribution in [-0.4, -0.2) is 24.4 Å². The zero-order valence-corrected chi connectivity index (χ0v) is 16.5. The third-order valence-electron chi connectivity index (χ3n) is 5.92. The quantitative estimate of drug-likeness (QED) is 0.596. The summed E-state index contributed by atoms with van der Waals surface area (Å²) in [7, 11) is 0. The van der Waals surface area contributed by atoms with Crippen molar-refractivity contribution in [2.75, 3.05) is 13.2 Å². The van der Waals surface area contributed by atoms with E-state index >= 15 is 0 Å². The molecule has 0 bridgehead atoms. The fourth-order valence-corrected chi connectivity index (χ4v) is 4.51. The molecule has 3 aromatic carbocycles.